The van der Waals surface area contributed by atoms with Crippen LogP contribution in [-0.2, 0) is 11.8 Å². The van der Waals surface area contributed by atoms with E-state index in [0.29, 0.717) is 16.5 Å². The Kier molecular flexibility index (Phi) is 4.06. The highest BCUT2D eigenvalue weighted by Gasteiger charge is 2.13. The van der Waals surface area contributed by atoms with Crippen LogP contribution in [0.2, 0.25) is 5.02 Å². The van der Waals surface area contributed by atoms with Gasteiger partial charge in [-0.2, -0.15) is 5.10 Å². The van der Waals surface area contributed by atoms with Crippen molar-refractivity contribution < 1.29 is 4.79 Å². The molecule has 1 amide bonds. The average molecular weight is 279 g/mol. The smallest absolute Gasteiger partial charge is 0.246 e. The molecule has 2 rings (SSSR count). The first-order chi connectivity index (χ1) is 9.04. The minimum absolute atomic E-state index is 0.132. The van der Waals surface area contributed by atoms with Crippen molar-refractivity contribution in [2.24, 2.45) is 7.05 Å². The maximum absolute atomic E-state index is 12.0. The summed E-state index contributed by atoms with van der Waals surface area (Å²) in [5.41, 5.74) is 0.712. The summed E-state index contributed by atoms with van der Waals surface area (Å²) in [6.07, 6.45) is 1.81. The van der Waals surface area contributed by atoms with E-state index in [0.717, 1.165) is 0 Å². The van der Waals surface area contributed by atoms with Gasteiger partial charge in [0.1, 0.15) is 11.9 Å². The van der Waals surface area contributed by atoms with Gasteiger partial charge in [0.15, 0.2) is 0 Å². The number of hydrogen-bond acceptors (Lipinski definition) is 3. The fourth-order valence-corrected chi connectivity index (χ4v) is 1.69. The second-order valence-corrected chi connectivity index (χ2v) is 4.67. The molecule has 2 N–H and O–H groups in total. The monoisotopic (exact) mass is 278 g/mol. The number of carbonyl (C=O) groups excluding carboxylic acids is 1. The summed E-state index contributed by atoms with van der Waals surface area (Å²) in [7, 11) is 1.82. The molecule has 2 aromatic rings. The Balaban J connectivity index is 1.94. The number of aryl methyl sites for hydroxylation is 1. The van der Waals surface area contributed by atoms with Gasteiger partial charge in [0.05, 0.1) is 0 Å². The minimum Gasteiger partial charge on any atom is -0.357 e. The predicted molar refractivity (Wildman–Crippen MR) is 76.4 cm³/mol. The van der Waals surface area contributed by atoms with E-state index in [1.165, 1.54) is 0 Å². The summed E-state index contributed by atoms with van der Waals surface area (Å²) in [5, 5.41) is 10.6. The third-order valence-electron chi connectivity index (χ3n) is 2.58. The highest BCUT2D eigenvalue weighted by molar-refractivity contribution is 6.30. The Morgan fingerprint density at radius 2 is 2.00 bits per heavy atom. The molecule has 6 heteroatoms. The van der Waals surface area contributed by atoms with Crippen LogP contribution in [0.25, 0.3) is 0 Å². The number of halogens is 1. The molecule has 0 aliphatic carbocycles. The van der Waals surface area contributed by atoms with E-state index in [-0.39, 0.29) is 11.9 Å². The number of amides is 1. The van der Waals surface area contributed by atoms with Gasteiger partial charge < -0.3 is 10.6 Å². The molecule has 0 fully saturated rings. The molecule has 1 unspecified atom stereocenters. The fourth-order valence-electron chi connectivity index (χ4n) is 1.56. The Labute approximate surface area is 116 Å². The summed E-state index contributed by atoms with van der Waals surface area (Å²) < 4.78 is 1.67. The lowest BCUT2D eigenvalue weighted by Crippen LogP contribution is -2.32. The van der Waals surface area contributed by atoms with Crippen LogP contribution in [0.1, 0.15) is 6.92 Å². The van der Waals surface area contributed by atoms with E-state index in [1.807, 2.05) is 19.3 Å². The Morgan fingerprint density at radius 3 is 2.58 bits per heavy atom. The minimum atomic E-state index is -0.384. The van der Waals surface area contributed by atoms with E-state index in [4.69, 9.17) is 11.6 Å². The largest absolute Gasteiger partial charge is 0.357 e. The zero-order valence-electron chi connectivity index (χ0n) is 10.7. The van der Waals surface area contributed by atoms with E-state index in [1.54, 1.807) is 35.9 Å². The second kappa shape index (κ2) is 5.75. The maximum Gasteiger partial charge on any atom is 0.246 e. The molecule has 0 radical (unpaired) electrons. The van der Waals surface area contributed by atoms with Crippen LogP contribution < -0.4 is 10.6 Å². The van der Waals surface area contributed by atoms with Crippen molar-refractivity contribution in [3.8, 4) is 0 Å². The summed E-state index contributed by atoms with van der Waals surface area (Å²) in [6, 6.07) is 8.40. The number of nitrogens with zero attached hydrogens (tertiary/aromatic N) is 2. The van der Waals surface area contributed by atoms with Crippen LogP contribution in [0.15, 0.2) is 36.5 Å². The molecule has 0 aliphatic heterocycles. The van der Waals surface area contributed by atoms with Crippen molar-refractivity contribution in [1.82, 2.24) is 9.78 Å². The van der Waals surface area contributed by atoms with Crippen molar-refractivity contribution in [3.05, 3.63) is 41.6 Å². The first-order valence-corrected chi connectivity index (χ1v) is 6.25. The lowest BCUT2D eigenvalue weighted by Gasteiger charge is -2.13. The van der Waals surface area contributed by atoms with Gasteiger partial charge >= 0.3 is 0 Å². The molecule has 1 aromatic carbocycles. The topological polar surface area (TPSA) is 59.0 Å². The molecule has 0 aliphatic rings. The van der Waals surface area contributed by atoms with Gasteiger partial charge in [0, 0.05) is 30.0 Å². The molecule has 100 valence electrons. The van der Waals surface area contributed by atoms with E-state index < -0.39 is 0 Å². The van der Waals surface area contributed by atoms with Crippen LogP contribution in [0.5, 0.6) is 0 Å². The van der Waals surface area contributed by atoms with Crippen molar-refractivity contribution >= 4 is 29.0 Å². The van der Waals surface area contributed by atoms with Gasteiger partial charge in [0.25, 0.3) is 0 Å². The molecule has 19 heavy (non-hydrogen) atoms. The average Bonchev–Trinajstić information content (AvgIpc) is 2.77. The molecular weight excluding hydrogens is 264 g/mol. The van der Waals surface area contributed by atoms with Crippen molar-refractivity contribution in [3.63, 3.8) is 0 Å². The maximum atomic E-state index is 12.0. The van der Waals surface area contributed by atoms with Crippen LogP contribution in [0, 0.1) is 0 Å². The van der Waals surface area contributed by atoms with E-state index >= 15 is 0 Å². The summed E-state index contributed by atoms with van der Waals surface area (Å²) in [4.78, 5) is 12.0. The third-order valence-corrected chi connectivity index (χ3v) is 2.84. The lowest BCUT2D eigenvalue weighted by molar-refractivity contribution is -0.116. The van der Waals surface area contributed by atoms with E-state index in [2.05, 4.69) is 15.7 Å². The standard InChI is InChI=1S/C13H15ClN4O/c1-9(15-12-7-8-18(2)17-12)13(19)16-11-5-3-10(14)4-6-11/h3-9H,1-2H3,(H,15,17)(H,16,19). The summed E-state index contributed by atoms with van der Waals surface area (Å²) in [5.74, 6) is 0.536. The Morgan fingerprint density at radius 1 is 1.32 bits per heavy atom. The first-order valence-electron chi connectivity index (χ1n) is 5.87. The van der Waals surface area contributed by atoms with Gasteiger partial charge in [-0.15, -0.1) is 0 Å². The van der Waals surface area contributed by atoms with Gasteiger partial charge in [-0.3, -0.25) is 9.48 Å². The molecule has 1 aromatic heterocycles. The number of aromatic nitrogens is 2. The molecule has 1 heterocycles. The number of benzene rings is 1. The normalized spacial score (nSPS) is 11.9. The van der Waals surface area contributed by atoms with Gasteiger partial charge in [-0.1, -0.05) is 11.6 Å². The molecular formula is C13H15ClN4O. The lowest BCUT2D eigenvalue weighted by atomic mass is 10.2. The van der Waals surface area contributed by atoms with Crippen molar-refractivity contribution in [1.29, 1.82) is 0 Å². The number of carbonyl (C=O) groups is 1. The molecule has 5 nitrogen and oxygen atoms in total. The number of nitrogens with one attached hydrogen (secondary N) is 2. The van der Waals surface area contributed by atoms with Crippen molar-refractivity contribution in [2.45, 2.75) is 13.0 Å². The third kappa shape index (κ3) is 3.72. The second-order valence-electron chi connectivity index (χ2n) is 4.24. The fraction of sp³-hybridized carbons (Fsp3) is 0.231. The number of hydrogen-bond donors (Lipinski definition) is 2. The van der Waals surface area contributed by atoms with Crippen LogP contribution in [-0.4, -0.2) is 21.7 Å². The summed E-state index contributed by atoms with van der Waals surface area (Å²) in [6.45, 7) is 1.78. The van der Waals surface area contributed by atoms with Crippen LogP contribution in [0.3, 0.4) is 0 Å². The molecule has 0 saturated carbocycles. The molecule has 0 saturated heterocycles. The van der Waals surface area contributed by atoms with Crippen LogP contribution >= 0.6 is 11.6 Å². The number of anilines is 2. The Bertz CT molecular complexity index is 564. The highest BCUT2D eigenvalue weighted by atomic mass is 35.5. The highest BCUT2D eigenvalue weighted by Crippen LogP contribution is 2.14. The van der Waals surface area contributed by atoms with Gasteiger partial charge in [-0.05, 0) is 31.2 Å². The predicted octanol–water partition coefficient (Wildman–Crippen LogP) is 2.51. The summed E-state index contributed by atoms with van der Waals surface area (Å²) >= 11 is 5.78. The van der Waals surface area contributed by atoms with Crippen LogP contribution in [0.4, 0.5) is 11.5 Å². The zero-order chi connectivity index (χ0) is 13.8. The SMILES string of the molecule is CC(Nc1ccn(C)n1)C(=O)Nc1ccc(Cl)cc1. The number of rotatable bonds is 4. The quantitative estimate of drug-likeness (QED) is 0.903. The molecule has 0 spiro atoms. The zero-order valence-corrected chi connectivity index (χ0v) is 11.5. The molecule has 1 atom stereocenters. The van der Waals surface area contributed by atoms with Gasteiger partial charge in [0.2, 0.25) is 5.91 Å². The van der Waals surface area contributed by atoms with Crippen molar-refractivity contribution in [2.75, 3.05) is 10.6 Å². The first kappa shape index (κ1) is 13.4. The molecule has 0 bridgehead atoms. The van der Waals surface area contributed by atoms with E-state index in [9.17, 15) is 4.79 Å². The van der Waals surface area contributed by atoms with Gasteiger partial charge in [-0.25, -0.2) is 0 Å². The Hall–Kier alpha value is -2.01.